The quantitative estimate of drug-likeness (QED) is 0.455. The first kappa shape index (κ1) is 9.67. The van der Waals surface area contributed by atoms with Gasteiger partial charge in [-0.25, -0.2) is 0 Å². The van der Waals surface area contributed by atoms with Crippen molar-refractivity contribution in [3.63, 3.8) is 0 Å². The monoisotopic (exact) mass is 192 g/mol. The van der Waals surface area contributed by atoms with Gasteiger partial charge in [0.15, 0.2) is 4.83 Å². The van der Waals surface area contributed by atoms with Crippen LogP contribution in [0.25, 0.3) is 9.53 Å². The van der Waals surface area contributed by atoms with Crippen LogP contribution in [0.4, 0.5) is 0 Å². The van der Waals surface area contributed by atoms with E-state index in [-0.39, 0.29) is 24.4 Å². The number of rotatable bonds is 1. The maximum Gasteiger partial charge on any atom is 1.00 e. The Hall–Kier alpha value is -0.413. The number of hydrogen-bond acceptors (Lipinski definition) is 6. The second-order valence-corrected chi connectivity index (χ2v) is 3.46. The molecule has 0 aliphatic heterocycles. The van der Waals surface area contributed by atoms with Crippen molar-refractivity contribution in [2.75, 3.05) is 0 Å². The molecule has 0 N–H and O–H groups in total. The summed E-state index contributed by atoms with van der Waals surface area (Å²) in [6.07, 6.45) is 0. The molecule has 0 bridgehead atoms. The van der Waals surface area contributed by atoms with Crippen LogP contribution < -0.4 is 24.0 Å². The average Bonchev–Trinajstić information content (AvgIpc) is 2.41. The van der Waals surface area contributed by atoms with Gasteiger partial charge in [-0.1, -0.05) is 4.49 Å². The smallest absolute Gasteiger partial charge is 0.545 e. The van der Waals surface area contributed by atoms with Crippen LogP contribution >= 0.6 is 22.9 Å². The largest absolute Gasteiger partial charge is 1.00 e. The minimum absolute atomic E-state index is 0. The molecule has 0 amide bonds. The van der Waals surface area contributed by atoms with Crippen molar-refractivity contribution in [2.45, 2.75) is 0 Å². The molecule has 0 aliphatic carbocycles. The van der Waals surface area contributed by atoms with Crippen LogP contribution in [0.2, 0.25) is 0 Å². The fourth-order valence-electron chi connectivity index (χ4n) is 0.733. The van der Waals surface area contributed by atoms with Gasteiger partial charge in [0.25, 0.3) is 0 Å². The van der Waals surface area contributed by atoms with E-state index in [9.17, 15) is 9.90 Å². The average molecular weight is 192 g/mol. The van der Waals surface area contributed by atoms with E-state index in [2.05, 4.69) is 9.59 Å². The van der Waals surface area contributed by atoms with Crippen molar-refractivity contribution >= 4 is 38.4 Å². The predicted octanol–water partition coefficient (Wildman–Crippen LogP) is -2.88. The Kier molecular flexibility index (Phi) is 2.85. The number of carboxylic acid groups (broad SMARTS) is 1. The topological polar surface area (TPSA) is 65.9 Å². The summed E-state index contributed by atoms with van der Waals surface area (Å²) in [5.74, 6) is -1.16. The molecular weight excluding hydrogens is 191 g/mol. The Bertz CT molecular complexity index is 410. The molecule has 0 aliphatic rings. The third-order valence-electron chi connectivity index (χ3n) is 1.21. The SMILES string of the molecule is O=C([O-])c1csc2nnsc12.[Li+]. The summed E-state index contributed by atoms with van der Waals surface area (Å²) in [6, 6.07) is 0. The van der Waals surface area contributed by atoms with Gasteiger partial charge in [0.1, 0.15) is 0 Å². The van der Waals surface area contributed by atoms with E-state index in [4.69, 9.17) is 0 Å². The van der Waals surface area contributed by atoms with Crippen molar-refractivity contribution in [1.82, 2.24) is 9.59 Å². The molecule has 12 heavy (non-hydrogen) atoms. The Morgan fingerprint density at radius 3 is 3.00 bits per heavy atom. The van der Waals surface area contributed by atoms with Crippen LogP contribution in [0.3, 0.4) is 0 Å². The number of aromatic carboxylic acids is 1. The van der Waals surface area contributed by atoms with Crippen molar-refractivity contribution in [3.8, 4) is 0 Å². The molecule has 0 radical (unpaired) electrons. The number of aromatic nitrogens is 2. The molecule has 4 nitrogen and oxygen atoms in total. The molecule has 2 aromatic rings. The first-order valence-electron chi connectivity index (χ1n) is 2.70. The van der Waals surface area contributed by atoms with E-state index in [1.54, 1.807) is 0 Å². The maximum atomic E-state index is 10.4. The number of carboxylic acids is 1. The third-order valence-corrected chi connectivity index (χ3v) is 2.96. The Morgan fingerprint density at radius 2 is 2.33 bits per heavy atom. The minimum atomic E-state index is -1.16. The number of hydrogen-bond donors (Lipinski definition) is 0. The van der Waals surface area contributed by atoms with Crippen LogP contribution in [-0.2, 0) is 0 Å². The van der Waals surface area contributed by atoms with Crippen molar-refractivity contribution in [3.05, 3.63) is 10.9 Å². The van der Waals surface area contributed by atoms with Gasteiger partial charge < -0.3 is 9.90 Å². The van der Waals surface area contributed by atoms with Gasteiger partial charge in [-0.15, -0.1) is 16.4 Å². The number of nitrogens with zero attached hydrogens (tertiary/aromatic N) is 2. The first-order valence-corrected chi connectivity index (χ1v) is 4.35. The second kappa shape index (κ2) is 3.54. The van der Waals surface area contributed by atoms with Crippen molar-refractivity contribution in [1.29, 1.82) is 0 Å². The Labute approximate surface area is 87.6 Å². The van der Waals surface area contributed by atoms with Crippen LogP contribution in [0.15, 0.2) is 5.38 Å². The zero-order valence-corrected chi connectivity index (χ0v) is 7.74. The van der Waals surface area contributed by atoms with Gasteiger partial charge >= 0.3 is 18.9 Å². The standard InChI is InChI=1S/C5H2N2O2S2.Li/c8-5(9)2-1-10-4-3(2)11-7-6-4;/h1H,(H,8,9);/q;+1/p-1. The maximum absolute atomic E-state index is 10.4. The molecule has 0 saturated heterocycles. The molecule has 2 heterocycles. The molecule has 2 rings (SSSR count). The summed E-state index contributed by atoms with van der Waals surface area (Å²) in [5, 5.41) is 15.7. The predicted molar refractivity (Wildman–Crippen MR) is 39.6 cm³/mol. The van der Waals surface area contributed by atoms with Gasteiger partial charge in [0.05, 0.1) is 10.7 Å². The van der Waals surface area contributed by atoms with Gasteiger partial charge in [0, 0.05) is 10.9 Å². The molecule has 2 aromatic heterocycles. The Morgan fingerprint density at radius 1 is 1.58 bits per heavy atom. The van der Waals surface area contributed by atoms with E-state index >= 15 is 0 Å². The molecule has 0 fully saturated rings. The first-order chi connectivity index (χ1) is 5.29. The summed E-state index contributed by atoms with van der Waals surface area (Å²) >= 11 is 2.34. The molecule has 0 aromatic carbocycles. The van der Waals surface area contributed by atoms with Crippen molar-refractivity contribution < 1.29 is 28.8 Å². The van der Waals surface area contributed by atoms with E-state index in [1.807, 2.05) is 0 Å². The van der Waals surface area contributed by atoms with Gasteiger partial charge in [0.2, 0.25) is 0 Å². The minimum Gasteiger partial charge on any atom is -0.545 e. The molecule has 7 heteroatoms. The summed E-state index contributed by atoms with van der Waals surface area (Å²) in [7, 11) is 0. The van der Waals surface area contributed by atoms with Crippen LogP contribution in [0.1, 0.15) is 10.4 Å². The summed E-state index contributed by atoms with van der Waals surface area (Å²) < 4.78 is 4.22. The molecule has 56 valence electrons. The van der Waals surface area contributed by atoms with Gasteiger partial charge in [-0.2, -0.15) is 0 Å². The number of fused-ring (bicyclic) bond motifs is 1. The molecule has 0 atom stereocenters. The Balaban J connectivity index is 0.000000720. The third kappa shape index (κ3) is 1.39. The fourth-order valence-corrected chi connectivity index (χ4v) is 2.43. The fraction of sp³-hybridized carbons (Fsp3) is 0. The summed E-state index contributed by atoms with van der Waals surface area (Å²) in [5.41, 5.74) is 0.194. The van der Waals surface area contributed by atoms with E-state index < -0.39 is 5.97 Å². The molecule has 0 saturated carbocycles. The van der Waals surface area contributed by atoms with Gasteiger partial charge in [-0.3, -0.25) is 0 Å². The normalized spacial score (nSPS) is 9.67. The van der Waals surface area contributed by atoms with E-state index in [1.165, 1.54) is 16.7 Å². The van der Waals surface area contributed by atoms with E-state index in [0.717, 1.165) is 11.5 Å². The van der Waals surface area contributed by atoms with Gasteiger partial charge in [-0.05, 0) is 11.5 Å². The van der Waals surface area contributed by atoms with Crippen LogP contribution in [-0.4, -0.2) is 15.6 Å². The zero-order chi connectivity index (χ0) is 7.84. The number of carbonyl (C=O) groups excluding carboxylic acids is 1. The van der Waals surface area contributed by atoms with Crippen molar-refractivity contribution in [2.24, 2.45) is 0 Å². The second-order valence-electron chi connectivity index (χ2n) is 1.84. The number of thiophene rings is 1. The van der Waals surface area contributed by atoms with Crippen LogP contribution in [0, 0.1) is 0 Å². The van der Waals surface area contributed by atoms with Crippen LogP contribution in [0.5, 0.6) is 0 Å². The summed E-state index contributed by atoms with van der Waals surface area (Å²) in [4.78, 5) is 11.1. The molecule has 0 unspecified atom stereocenters. The zero-order valence-electron chi connectivity index (χ0n) is 6.10. The molecule has 0 spiro atoms. The number of carbonyl (C=O) groups is 1. The molecular formula is C5HLiN2O2S2. The van der Waals surface area contributed by atoms with E-state index in [0.29, 0.717) is 9.53 Å². The summed E-state index contributed by atoms with van der Waals surface area (Å²) in [6.45, 7) is 0.